The van der Waals surface area contributed by atoms with Crippen LogP contribution in [-0.2, 0) is 22.5 Å². The third-order valence-corrected chi connectivity index (χ3v) is 5.37. The summed E-state index contributed by atoms with van der Waals surface area (Å²) >= 11 is 1.42. The van der Waals surface area contributed by atoms with Crippen molar-refractivity contribution in [2.45, 2.75) is 59.4 Å². The second-order valence-corrected chi connectivity index (χ2v) is 8.08. The number of aromatic nitrogens is 1. The van der Waals surface area contributed by atoms with E-state index in [1.54, 1.807) is 13.1 Å². The molecule has 0 fully saturated rings. The third-order valence-electron chi connectivity index (χ3n) is 4.57. The first-order valence-corrected chi connectivity index (χ1v) is 11.7. The fourth-order valence-electron chi connectivity index (χ4n) is 3.02. The van der Waals surface area contributed by atoms with Crippen molar-refractivity contribution in [3.8, 4) is 0 Å². The highest BCUT2D eigenvalue weighted by atomic mass is 32.1. The van der Waals surface area contributed by atoms with Crippen molar-refractivity contribution in [1.29, 1.82) is 0 Å². The van der Waals surface area contributed by atoms with Crippen molar-refractivity contribution in [2.24, 2.45) is 5.10 Å². The van der Waals surface area contributed by atoms with Crippen LogP contribution < -0.4 is 5.43 Å². The monoisotopic (exact) mass is 430 g/mol. The maximum Gasteiger partial charge on any atom is 0.311 e. The Bertz CT molecular complexity index is 783. The van der Waals surface area contributed by atoms with Crippen molar-refractivity contribution < 1.29 is 9.53 Å². The molecule has 6 nitrogen and oxygen atoms in total. The van der Waals surface area contributed by atoms with E-state index in [4.69, 9.17) is 4.74 Å². The number of benzene rings is 1. The van der Waals surface area contributed by atoms with Crippen LogP contribution in [0.3, 0.4) is 0 Å². The van der Waals surface area contributed by atoms with Gasteiger partial charge >= 0.3 is 5.97 Å². The number of carbonyl (C=O) groups is 1. The second kappa shape index (κ2) is 13.9. The number of hydrogen-bond donors (Lipinski definition) is 1. The molecular formula is C23H34N4O2S. The number of nitrogens with zero attached hydrogens (tertiary/aromatic N) is 3. The zero-order chi connectivity index (χ0) is 21.6. The number of carbonyl (C=O) groups excluding carboxylic acids is 1. The maximum absolute atomic E-state index is 11.5. The second-order valence-electron chi connectivity index (χ2n) is 7.22. The molecule has 1 aromatic heterocycles. The van der Waals surface area contributed by atoms with Crippen molar-refractivity contribution in [2.75, 3.05) is 25.1 Å². The summed E-state index contributed by atoms with van der Waals surface area (Å²) in [7, 11) is 0. The predicted octanol–water partition coefficient (Wildman–Crippen LogP) is 5.10. The Labute approximate surface area is 184 Å². The van der Waals surface area contributed by atoms with Gasteiger partial charge in [0, 0.05) is 11.9 Å². The van der Waals surface area contributed by atoms with Crippen LogP contribution in [0.2, 0.25) is 0 Å². The Kier molecular flexibility index (Phi) is 11.1. The van der Waals surface area contributed by atoms with Crippen LogP contribution in [0, 0.1) is 0 Å². The number of anilines is 1. The SMILES string of the molecule is CCCCN(CCCC)Cc1cccc(C=NNc2nc(CC(=O)OCC)cs2)c1. The summed E-state index contributed by atoms with van der Waals surface area (Å²) in [5, 5.41) is 6.81. The molecule has 2 rings (SSSR count). The van der Waals surface area contributed by atoms with E-state index in [-0.39, 0.29) is 12.4 Å². The molecular weight excluding hydrogens is 396 g/mol. The fraction of sp³-hybridized carbons (Fsp3) is 0.522. The Morgan fingerprint density at radius 2 is 2.00 bits per heavy atom. The standard InChI is InChI=1S/C23H34N4O2S/c1-4-7-12-27(13-8-5-2)17-20-11-9-10-19(14-20)16-24-26-23-25-21(18-30-23)15-22(28)29-6-3/h9-11,14,16,18H,4-8,12-13,15,17H2,1-3H3,(H,25,26). The lowest BCUT2D eigenvalue weighted by Crippen LogP contribution is -2.25. The van der Waals surface area contributed by atoms with Crippen molar-refractivity contribution in [3.63, 3.8) is 0 Å². The molecule has 7 heteroatoms. The number of ether oxygens (including phenoxy) is 1. The Morgan fingerprint density at radius 3 is 2.70 bits per heavy atom. The van der Waals surface area contributed by atoms with Crippen LogP contribution in [0.1, 0.15) is 63.3 Å². The van der Waals surface area contributed by atoms with Gasteiger partial charge in [0.2, 0.25) is 5.13 Å². The zero-order valence-electron chi connectivity index (χ0n) is 18.4. The number of hydrogen-bond acceptors (Lipinski definition) is 7. The van der Waals surface area contributed by atoms with Gasteiger partial charge < -0.3 is 4.74 Å². The van der Waals surface area contributed by atoms with E-state index in [0.717, 1.165) is 25.2 Å². The summed E-state index contributed by atoms with van der Waals surface area (Å²) < 4.78 is 4.95. The van der Waals surface area contributed by atoms with Gasteiger partial charge in [0.25, 0.3) is 0 Å². The minimum absolute atomic E-state index is 0.185. The summed E-state index contributed by atoms with van der Waals surface area (Å²) in [6.07, 6.45) is 6.91. The normalized spacial score (nSPS) is 11.3. The van der Waals surface area contributed by atoms with E-state index in [1.165, 1.54) is 42.6 Å². The highest BCUT2D eigenvalue weighted by Crippen LogP contribution is 2.16. The van der Waals surface area contributed by atoms with Crippen molar-refractivity contribution in [3.05, 3.63) is 46.5 Å². The molecule has 0 saturated carbocycles. The molecule has 0 bridgehead atoms. The highest BCUT2D eigenvalue weighted by Gasteiger charge is 2.08. The molecule has 0 saturated heterocycles. The highest BCUT2D eigenvalue weighted by molar-refractivity contribution is 7.13. The summed E-state index contributed by atoms with van der Waals surface area (Å²) in [5.74, 6) is -0.262. The molecule has 0 aliphatic carbocycles. The number of nitrogens with one attached hydrogen (secondary N) is 1. The van der Waals surface area contributed by atoms with Gasteiger partial charge in [-0.05, 0) is 50.0 Å². The summed E-state index contributed by atoms with van der Waals surface area (Å²) in [4.78, 5) is 18.4. The maximum atomic E-state index is 11.5. The van der Waals surface area contributed by atoms with E-state index < -0.39 is 0 Å². The molecule has 1 aromatic carbocycles. The molecule has 0 radical (unpaired) electrons. The summed E-state index contributed by atoms with van der Waals surface area (Å²) in [5.41, 5.74) is 5.99. The van der Waals surface area contributed by atoms with Crippen molar-refractivity contribution >= 4 is 28.7 Å². The molecule has 0 aliphatic rings. The number of hydrazone groups is 1. The van der Waals surface area contributed by atoms with Crippen LogP contribution in [0.5, 0.6) is 0 Å². The number of unbranched alkanes of at least 4 members (excludes halogenated alkanes) is 2. The molecule has 0 spiro atoms. The topological polar surface area (TPSA) is 66.8 Å². The Morgan fingerprint density at radius 1 is 1.23 bits per heavy atom. The largest absolute Gasteiger partial charge is 0.466 e. The lowest BCUT2D eigenvalue weighted by molar-refractivity contribution is -0.142. The first kappa shape index (κ1) is 24.0. The molecule has 0 atom stereocenters. The lowest BCUT2D eigenvalue weighted by Gasteiger charge is -2.22. The third kappa shape index (κ3) is 9.05. The minimum Gasteiger partial charge on any atom is -0.466 e. The zero-order valence-corrected chi connectivity index (χ0v) is 19.2. The van der Waals surface area contributed by atoms with Gasteiger partial charge in [-0.25, -0.2) is 4.98 Å². The Balaban J connectivity index is 1.90. The van der Waals surface area contributed by atoms with Gasteiger partial charge in [0.1, 0.15) is 0 Å². The summed E-state index contributed by atoms with van der Waals surface area (Å²) in [6, 6.07) is 8.49. The van der Waals surface area contributed by atoms with Gasteiger partial charge in [-0.2, -0.15) is 5.10 Å². The van der Waals surface area contributed by atoms with Gasteiger partial charge in [0.15, 0.2) is 0 Å². The van der Waals surface area contributed by atoms with Gasteiger partial charge in [-0.3, -0.25) is 15.1 Å². The average molecular weight is 431 g/mol. The van der Waals surface area contributed by atoms with Crippen LogP contribution in [0.15, 0.2) is 34.7 Å². The summed E-state index contributed by atoms with van der Waals surface area (Å²) in [6.45, 7) is 9.92. The van der Waals surface area contributed by atoms with Gasteiger partial charge in [0.05, 0.1) is 24.9 Å². The number of thiazole rings is 1. The van der Waals surface area contributed by atoms with E-state index in [1.807, 2.05) is 11.4 Å². The average Bonchev–Trinajstić information content (AvgIpc) is 3.17. The minimum atomic E-state index is -0.262. The van der Waals surface area contributed by atoms with Crippen LogP contribution in [-0.4, -0.2) is 41.8 Å². The van der Waals surface area contributed by atoms with E-state index >= 15 is 0 Å². The quantitative estimate of drug-likeness (QED) is 0.257. The first-order chi connectivity index (χ1) is 14.6. The van der Waals surface area contributed by atoms with E-state index in [0.29, 0.717) is 17.4 Å². The molecule has 0 aliphatic heterocycles. The molecule has 1 heterocycles. The molecule has 1 N–H and O–H groups in total. The fourth-order valence-corrected chi connectivity index (χ4v) is 3.68. The van der Waals surface area contributed by atoms with Crippen LogP contribution in [0.25, 0.3) is 0 Å². The van der Waals surface area contributed by atoms with E-state index in [2.05, 4.69) is 52.5 Å². The smallest absolute Gasteiger partial charge is 0.311 e. The lowest BCUT2D eigenvalue weighted by atomic mass is 10.1. The molecule has 0 unspecified atom stereocenters. The van der Waals surface area contributed by atoms with Crippen molar-refractivity contribution in [1.82, 2.24) is 9.88 Å². The Hall–Kier alpha value is -2.25. The molecule has 164 valence electrons. The number of rotatable bonds is 14. The first-order valence-electron chi connectivity index (χ1n) is 10.8. The van der Waals surface area contributed by atoms with Gasteiger partial charge in [-0.15, -0.1) is 11.3 Å². The van der Waals surface area contributed by atoms with Crippen LogP contribution in [0.4, 0.5) is 5.13 Å². The van der Waals surface area contributed by atoms with Gasteiger partial charge in [-0.1, -0.05) is 44.9 Å². The molecule has 0 amide bonds. The molecule has 2 aromatic rings. The van der Waals surface area contributed by atoms with Crippen LogP contribution >= 0.6 is 11.3 Å². The number of esters is 1. The molecule has 30 heavy (non-hydrogen) atoms. The van der Waals surface area contributed by atoms with E-state index in [9.17, 15) is 4.79 Å². The predicted molar refractivity (Wildman–Crippen MR) is 125 cm³/mol.